The summed E-state index contributed by atoms with van der Waals surface area (Å²) in [6.07, 6.45) is 2.05. The van der Waals surface area contributed by atoms with Crippen LogP contribution in [0.3, 0.4) is 0 Å². The van der Waals surface area contributed by atoms with Gasteiger partial charge in [-0.1, -0.05) is 37.3 Å². The molecule has 212 valence electrons. The molecule has 2 aromatic carbocycles. The molecule has 0 radical (unpaired) electrons. The van der Waals surface area contributed by atoms with Crippen LogP contribution in [-0.4, -0.2) is 53.0 Å². The number of likely N-dealkylation sites (N-methyl/N-ethyl adjacent to an activating group) is 1. The zero-order valence-corrected chi connectivity index (χ0v) is 24.3. The number of pyridine rings is 1. The highest BCUT2D eigenvalue weighted by Gasteiger charge is 2.25. The van der Waals surface area contributed by atoms with Crippen molar-refractivity contribution < 1.29 is 17.6 Å². The predicted molar refractivity (Wildman–Crippen MR) is 153 cm³/mol. The molecule has 0 spiro atoms. The number of hydrogen-bond acceptors (Lipinski definition) is 5. The third-order valence-corrected chi connectivity index (χ3v) is 8.20. The normalized spacial score (nSPS) is 12.2. The maximum absolute atomic E-state index is 15.6. The van der Waals surface area contributed by atoms with Crippen LogP contribution in [0, 0.1) is 5.82 Å². The monoisotopic (exact) mass is 567 g/mol. The van der Waals surface area contributed by atoms with Gasteiger partial charge in [-0.3, -0.25) is 9.59 Å². The first-order chi connectivity index (χ1) is 18.7. The van der Waals surface area contributed by atoms with Gasteiger partial charge >= 0.3 is 0 Å². The Morgan fingerprint density at radius 2 is 1.80 bits per heavy atom. The predicted octanol–water partition coefficient (Wildman–Crippen LogP) is 3.78. The lowest BCUT2D eigenvalue weighted by molar-refractivity contribution is -0.129. The van der Waals surface area contributed by atoms with Crippen LogP contribution in [-0.2, 0) is 34.3 Å². The Morgan fingerprint density at radius 3 is 2.42 bits per heavy atom. The third-order valence-electron chi connectivity index (χ3n) is 6.38. The van der Waals surface area contributed by atoms with Gasteiger partial charge in [0.05, 0.1) is 17.0 Å². The first-order valence-electron chi connectivity index (χ1n) is 12.9. The van der Waals surface area contributed by atoms with E-state index in [2.05, 4.69) is 9.71 Å². The third kappa shape index (κ3) is 6.00. The summed E-state index contributed by atoms with van der Waals surface area (Å²) in [6, 6.07) is 12.7. The number of imidazole rings is 1. The Kier molecular flexibility index (Phi) is 8.00. The molecule has 0 aliphatic carbocycles. The summed E-state index contributed by atoms with van der Waals surface area (Å²) in [5.41, 5.74) is 0.779. The summed E-state index contributed by atoms with van der Waals surface area (Å²) < 4.78 is 47.4. The average Bonchev–Trinajstić information content (AvgIpc) is 3.23. The number of nitrogens with one attached hydrogen (secondary N) is 1. The van der Waals surface area contributed by atoms with E-state index in [9.17, 15) is 18.0 Å². The van der Waals surface area contributed by atoms with Gasteiger partial charge in [0, 0.05) is 43.4 Å². The number of aryl methyl sites for hydroxylation is 1. The Hall–Kier alpha value is -3.83. The largest absolute Gasteiger partial charge is 0.347 e. The van der Waals surface area contributed by atoms with E-state index in [4.69, 9.17) is 0 Å². The average molecular weight is 568 g/mol. The molecule has 0 saturated heterocycles. The zero-order valence-electron chi connectivity index (χ0n) is 23.5. The highest BCUT2D eigenvalue weighted by molar-refractivity contribution is 7.89. The molecule has 0 aliphatic heterocycles. The fourth-order valence-corrected chi connectivity index (χ4v) is 6.14. The van der Waals surface area contributed by atoms with E-state index >= 15 is 4.39 Å². The van der Waals surface area contributed by atoms with Crippen LogP contribution in [0.2, 0.25) is 0 Å². The molecule has 9 nitrogen and oxygen atoms in total. The van der Waals surface area contributed by atoms with Gasteiger partial charge in [0.2, 0.25) is 15.9 Å². The Labute approximate surface area is 233 Å². The standard InChI is InChI=1S/C29H34FN5O4S/c1-7-25-31-23-14-15-34(18-26(36)33(5)6)28(37)27(23)35(25)17-20-13-12-19(16-22(20)30)21-10-8-9-11-24(21)40(38,39)32-29(2,3)4/h8-16,32H,7,17-18H2,1-6H3. The van der Waals surface area contributed by atoms with Crippen molar-refractivity contribution in [3.63, 3.8) is 0 Å². The molecule has 0 atom stereocenters. The number of fused-ring (bicyclic) bond motifs is 1. The van der Waals surface area contributed by atoms with E-state index in [1.807, 2.05) is 6.92 Å². The second-order valence-electron chi connectivity index (χ2n) is 10.9. The Morgan fingerprint density at radius 1 is 1.10 bits per heavy atom. The van der Waals surface area contributed by atoms with Crippen molar-refractivity contribution in [2.75, 3.05) is 14.1 Å². The molecule has 2 heterocycles. The van der Waals surface area contributed by atoms with Gasteiger partial charge < -0.3 is 14.0 Å². The Bertz CT molecular complexity index is 1750. The molecule has 2 aromatic heterocycles. The van der Waals surface area contributed by atoms with Gasteiger partial charge in [-0.2, -0.15) is 0 Å². The molecule has 0 aliphatic rings. The summed E-state index contributed by atoms with van der Waals surface area (Å²) in [5, 5.41) is 0. The number of rotatable bonds is 8. The minimum atomic E-state index is -3.87. The molecule has 1 N–H and O–H groups in total. The Balaban J connectivity index is 1.75. The lowest BCUT2D eigenvalue weighted by Crippen LogP contribution is -2.40. The van der Waals surface area contributed by atoms with Crippen LogP contribution in [0.25, 0.3) is 22.2 Å². The van der Waals surface area contributed by atoms with Crippen molar-refractivity contribution in [1.82, 2.24) is 23.7 Å². The molecule has 0 bridgehead atoms. The molecular formula is C29H34FN5O4S. The maximum Gasteiger partial charge on any atom is 0.277 e. The van der Waals surface area contributed by atoms with Crippen molar-refractivity contribution in [3.8, 4) is 11.1 Å². The number of amides is 1. The molecule has 1 amide bonds. The van der Waals surface area contributed by atoms with Crippen molar-refractivity contribution in [2.24, 2.45) is 0 Å². The minimum Gasteiger partial charge on any atom is -0.347 e. The fourth-order valence-electron chi connectivity index (χ4n) is 4.49. The summed E-state index contributed by atoms with van der Waals surface area (Å²) in [6.45, 7) is 7.07. The molecular weight excluding hydrogens is 533 g/mol. The number of aromatic nitrogens is 3. The van der Waals surface area contributed by atoms with Crippen molar-refractivity contribution >= 4 is 27.0 Å². The lowest BCUT2D eigenvalue weighted by Gasteiger charge is -2.21. The maximum atomic E-state index is 15.6. The number of halogens is 1. The van der Waals surface area contributed by atoms with E-state index in [0.717, 1.165) is 0 Å². The number of sulfonamides is 1. The fraction of sp³-hybridized carbons (Fsp3) is 0.345. The molecule has 4 aromatic rings. The second kappa shape index (κ2) is 11.0. The molecule has 4 rings (SSSR count). The summed E-state index contributed by atoms with van der Waals surface area (Å²) in [4.78, 5) is 31.6. The topological polar surface area (TPSA) is 106 Å². The first kappa shape index (κ1) is 29.2. The van der Waals surface area contributed by atoms with Crippen LogP contribution >= 0.6 is 0 Å². The number of carbonyl (C=O) groups is 1. The highest BCUT2D eigenvalue weighted by Crippen LogP contribution is 2.30. The van der Waals surface area contributed by atoms with Crippen LogP contribution in [0.1, 0.15) is 39.1 Å². The second-order valence-corrected chi connectivity index (χ2v) is 12.5. The van der Waals surface area contributed by atoms with Crippen LogP contribution in [0.15, 0.2) is 64.4 Å². The van der Waals surface area contributed by atoms with Gasteiger partial charge in [-0.15, -0.1) is 0 Å². The molecule has 40 heavy (non-hydrogen) atoms. The summed E-state index contributed by atoms with van der Waals surface area (Å²) in [7, 11) is -0.631. The van der Waals surface area contributed by atoms with Crippen molar-refractivity contribution in [2.45, 2.75) is 57.6 Å². The number of carbonyl (C=O) groups excluding carboxylic acids is 1. The quantitative estimate of drug-likeness (QED) is 0.349. The highest BCUT2D eigenvalue weighted by atomic mass is 32.2. The zero-order chi connectivity index (χ0) is 29.4. The van der Waals surface area contributed by atoms with Crippen molar-refractivity contribution in [1.29, 1.82) is 0 Å². The van der Waals surface area contributed by atoms with Gasteiger partial charge in [-0.05, 0) is 44.5 Å². The SMILES string of the molecule is CCc1nc2ccn(CC(=O)N(C)C)c(=O)c2n1Cc1ccc(-c2ccccc2S(=O)(=O)NC(C)(C)C)cc1F. The van der Waals surface area contributed by atoms with E-state index in [-0.39, 0.29) is 29.5 Å². The van der Waals surface area contributed by atoms with Crippen LogP contribution < -0.4 is 10.3 Å². The van der Waals surface area contributed by atoms with E-state index in [0.29, 0.717) is 40.0 Å². The van der Waals surface area contributed by atoms with Gasteiger partial charge in [0.15, 0.2) is 0 Å². The molecule has 0 saturated carbocycles. The van der Waals surface area contributed by atoms with Gasteiger partial charge in [0.25, 0.3) is 5.56 Å². The molecule has 0 fully saturated rings. The molecule has 11 heteroatoms. The number of hydrogen-bond donors (Lipinski definition) is 1. The number of benzene rings is 2. The van der Waals surface area contributed by atoms with Crippen LogP contribution in [0.4, 0.5) is 4.39 Å². The van der Waals surface area contributed by atoms with Gasteiger partial charge in [-0.25, -0.2) is 22.5 Å². The van der Waals surface area contributed by atoms with E-state index in [1.54, 1.807) is 75.8 Å². The lowest BCUT2D eigenvalue weighted by atomic mass is 10.0. The van der Waals surface area contributed by atoms with Crippen molar-refractivity contribution in [3.05, 3.63) is 82.3 Å². The van der Waals surface area contributed by atoms with E-state index in [1.165, 1.54) is 27.8 Å². The van der Waals surface area contributed by atoms with Gasteiger partial charge in [0.1, 0.15) is 23.7 Å². The van der Waals surface area contributed by atoms with Crippen LogP contribution in [0.5, 0.6) is 0 Å². The summed E-state index contributed by atoms with van der Waals surface area (Å²) in [5.74, 6) is -0.168. The number of nitrogens with zero attached hydrogens (tertiary/aromatic N) is 4. The van der Waals surface area contributed by atoms with E-state index < -0.39 is 21.4 Å². The first-order valence-corrected chi connectivity index (χ1v) is 14.4. The smallest absolute Gasteiger partial charge is 0.277 e. The minimum absolute atomic E-state index is 0.0399. The summed E-state index contributed by atoms with van der Waals surface area (Å²) >= 11 is 0. The molecule has 0 unspecified atom stereocenters.